The van der Waals surface area contributed by atoms with Gasteiger partial charge in [0.15, 0.2) is 0 Å². The number of carbonyl (C=O) groups excluding carboxylic acids is 1. The van der Waals surface area contributed by atoms with Crippen molar-refractivity contribution in [2.45, 2.75) is 4.90 Å². The molecule has 0 spiro atoms. The van der Waals surface area contributed by atoms with Crippen LogP contribution in [0.3, 0.4) is 0 Å². The molecule has 0 radical (unpaired) electrons. The third-order valence-corrected chi connectivity index (χ3v) is 6.80. The highest BCUT2D eigenvalue weighted by molar-refractivity contribution is 7.92. The molecule has 3 aromatic rings. The van der Waals surface area contributed by atoms with Gasteiger partial charge in [-0.2, -0.15) is 0 Å². The standard InChI is InChI=1S/C21H17Cl3N2O4S/c1-30-20-10-8-15(23)12-19(20)26(31(28,29)16-5-3-2-4-6-16)13-21(27)25-18-11-14(22)7-9-17(18)24/h2-12H,13H2,1H3,(H,25,27). The number of sulfonamides is 1. The fourth-order valence-electron chi connectivity index (χ4n) is 2.79. The Balaban J connectivity index is 2.03. The smallest absolute Gasteiger partial charge is 0.264 e. The van der Waals surface area contributed by atoms with Crippen molar-refractivity contribution in [2.75, 3.05) is 23.3 Å². The Morgan fingerprint density at radius 3 is 2.29 bits per heavy atom. The first-order valence-corrected chi connectivity index (χ1v) is 11.5. The number of hydrogen-bond donors (Lipinski definition) is 1. The summed E-state index contributed by atoms with van der Waals surface area (Å²) in [6, 6.07) is 16.8. The molecule has 1 amide bonds. The van der Waals surface area contributed by atoms with Crippen molar-refractivity contribution >= 4 is 62.1 Å². The van der Waals surface area contributed by atoms with Gasteiger partial charge in [0.1, 0.15) is 12.3 Å². The van der Waals surface area contributed by atoms with Gasteiger partial charge in [-0.05, 0) is 48.5 Å². The highest BCUT2D eigenvalue weighted by Gasteiger charge is 2.29. The number of rotatable bonds is 7. The molecule has 0 saturated heterocycles. The molecule has 0 aliphatic heterocycles. The van der Waals surface area contributed by atoms with Crippen LogP contribution in [0.1, 0.15) is 0 Å². The first-order valence-electron chi connectivity index (χ1n) is 8.88. The number of benzene rings is 3. The molecule has 6 nitrogen and oxygen atoms in total. The molecule has 31 heavy (non-hydrogen) atoms. The molecule has 0 aromatic heterocycles. The number of nitrogens with one attached hydrogen (secondary N) is 1. The van der Waals surface area contributed by atoms with Crippen molar-refractivity contribution in [3.63, 3.8) is 0 Å². The minimum atomic E-state index is -4.13. The summed E-state index contributed by atoms with van der Waals surface area (Å²) in [5.41, 5.74) is 0.375. The van der Waals surface area contributed by atoms with E-state index in [1.54, 1.807) is 30.3 Å². The number of ether oxygens (including phenoxy) is 1. The summed E-state index contributed by atoms with van der Waals surface area (Å²) in [5, 5.41) is 3.50. The Morgan fingerprint density at radius 2 is 1.61 bits per heavy atom. The van der Waals surface area contributed by atoms with Gasteiger partial charge in [-0.1, -0.05) is 53.0 Å². The average molecular weight is 500 g/mol. The molecule has 3 rings (SSSR count). The largest absolute Gasteiger partial charge is 0.495 e. The van der Waals surface area contributed by atoms with Crippen LogP contribution in [0.15, 0.2) is 71.6 Å². The van der Waals surface area contributed by atoms with Crippen LogP contribution in [0, 0.1) is 0 Å². The molecule has 0 fully saturated rings. The molecular weight excluding hydrogens is 483 g/mol. The van der Waals surface area contributed by atoms with E-state index in [4.69, 9.17) is 39.5 Å². The van der Waals surface area contributed by atoms with E-state index in [0.717, 1.165) is 4.31 Å². The van der Waals surface area contributed by atoms with Crippen LogP contribution >= 0.6 is 34.8 Å². The Hall–Kier alpha value is -2.45. The molecule has 0 heterocycles. The summed E-state index contributed by atoms with van der Waals surface area (Å²) in [5.74, 6) is -0.400. The van der Waals surface area contributed by atoms with Gasteiger partial charge in [-0.25, -0.2) is 8.42 Å². The van der Waals surface area contributed by atoms with Gasteiger partial charge in [-0.15, -0.1) is 0 Å². The van der Waals surface area contributed by atoms with E-state index in [2.05, 4.69) is 5.32 Å². The SMILES string of the molecule is COc1ccc(Cl)cc1N(CC(=O)Nc1cc(Cl)ccc1Cl)S(=O)(=O)c1ccccc1. The van der Waals surface area contributed by atoms with E-state index < -0.39 is 22.5 Å². The molecule has 0 unspecified atom stereocenters. The van der Waals surface area contributed by atoms with Crippen LogP contribution in [-0.4, -0.2) is 28.0 Å². The lowest BCUT2D eigenvalue weighted by Gasteiger charge is -2.26. The summed E-state index contributed by atoms with van der Waals surface area (Å²) in [6.45, 7) is -0.559. The summed E-state index contributed by atoms with van der Waals surface area (Å²) in [6.07, 6.45) is 0. The van der Waals surface area contributed by atoms with Crippen molar-refractivity contribution in [2.24, 2.45) is 0 Å². The predicted octanol–water partition coefficient (Wildman–Crippen LogP) is 5.49. The van der Waals surface area contributed by atoms with Gasteiger partial charge in [0.2, 0.25) is 5.91 Å². The van der Waals surface area contributed by atoms with Gasteiger partial charge in [-0.3, -0.25) is 9.10 Å². The molecule has 0 aliphatic carbocycles. The van der Waals surface area contributed by atoms with Crippen LogP contribution in [0.2, 0.25) is 15.1 Å². The lowest BCUT2D eigenvalue weighted by molar-refractivity contribution is -0.114. The Bertz CT molecular complexity index is 1200. The second-order valence-corrected chi connectivity index (χ2v) is 9.46. The zero-order valence-corrected chi connectivity index (χ0v) is 19.3. The van der Waals surface area contributed by atoms with E-state index in [0.29, 0.717) is 5.02 Å². The van der Waals surface area contributed by atoms with Crippen molar-refractivity contribution in [3.05, 3.63) is 81.8 Å². The monoisotopic (exact) mass is 498 g/mol. The van der Waals surface area contributed by atoms with E-state index in [1.807, 2.05) is 0 Å². The average Bonchev–Trinajstić information content (AvgIpc) is 2.75. The molecule has 0 atom stereocenters. The number of nitrogens with zero attached hydrogens (tertiary/aromatic N) is 1. The number of methoxy groups -OCH3 is 1. The molecule has 162 valence electrons. The van der Waals surface area contributed by atoms with Crippen LogP contribution in [0.4, 0.5) is 11.4 Å². The van der Waals surface area contributed by atoms with Gasteiger partial charge >= 0.3 is 0 Å². The highest BCUT2D eigenvalue weighted by atomic mass is 35.5. The van der Waals surface area contributed by atoms with E-state index in [1.165, 1.54) is 43.5 Å². The van der Waals surface area contributed by atoms with Gasteiger partial charge in [0, 0.05) is 10.0 Å². The fraction of sp³-hybridized carbons (Fsp3) is 0.0952. The quantitative estimate of drug-likeness (QED) is 0.466. The maximum atomic E-state index is 13.4. The predicted molar refractivity (Wildman–Crippen MR) is 124 cm³/mol. The Morgan fingerprint density at radius 1 is 0.968 bits per heavy atom. The number of carbonyl (C=O) groups is 1. The second kappa shape index (κ2) is 9.78. The molecule has 3 aromatic carbocycles. The molecule has 10 heteroatoms. The first-order chi connectivity index (χ1) is 14.7. The Kier molecular flexibility index (Phi) is 7.33. The second-order valence-electron chi connectivity index (χ2n) is 6.31. The third kappa shape index (κ3) is 5.43. The number of halogens is 3. The number of hydrogen-bond acceptors (Lipinski definition) is 4. The lowest BCUT2D eigenvalue weighted by Crippen LogP contribution is -2.38. The maximum Gasteiger partial charge on any atom is 0.264 e. The molecule has 0 aliphatic rings. The highest BCUT2D eigenvalue weighted by Crippen LogP contribution is 2.35. The van der Waals surface area contributed by atoms with Crippen LogP contribution in [0.25, 0.3) is 0 Å². The Labute approximate surface area is 195 Å². The fourth-order valence-corrected chi connectivity index (χ4v) is 4.74. The van der Waals surface area contributed by atoms with Crippen LogP contribution < -0.4 is 14.4 Å². The van der Waals surface area contributed by atoms with Crippen LogP contribution in [0.5, 0.6) is 5.75 Å². The molecule has 0 bridgehead atoms. The summed E-state index contributed by atoms with van der Waals surface area (Å²) in [7, 11) is -2.74. The zero-order chi connectivity index (χ0) is 22.6. The van der Waals surface area contributed by atoms with Crippen molar-refractivity contribution in [1.29, 1.82) is 0 Å². The van der Waals surface area contributed by atoms with Crippen molar-refractivity contribution in [1.82, 2.24) is 0 Å². The first kappa shape index (κ1) is 23.2. The lowest BCUT2D eigenvalue weighted by atomic mass is 10.3. The summed E-state index contributed by atoms with van der Waals surface area (Å²) in [4.78, 5) is 12.8. The van der Waals surface area contributed by atoms with Crippen LogP contribution in [-0.2, 0) is 14.8 Å². The number of amides is 1. The van der Waals surface area contributed by atoms with Crippen molar-refractivity contribution < 1.29 is 17.9 Å². The molecule has 1 N–H and O–H groups in total. The van der Waals surface area contributed by atoms with Gasteiger partial charge < -0.3 is 10.1 Å². The minimum absolute atomic E-state index is 0.00520. The maximum absolute atomic E-state index is 13.4. The summed E-state index contributed by atoms with van der Waals surface area (Å²) < 4.78 is 33.1. The van der Waals surface area contributed by atoms with Gasteiger partial charge in [0.05, 0.1) is 28.4 Å². The summed E-state index contributed by atoms with van der Waals surface area (Å²) >= 11 is 18.2. The normalized spacial score (nSPS) is 11.1. The topological polar surface area (TPSA) is 75.7 Å². The molecular formula is C21H17Cl3N2O4S. The zero-order valence-electron chi connectivity index (χ0n) is 16.2. The minimum Gasteiger partial charge on any atom is -0.495 e. The van der Waals surface area contributed by atoms with Crippen molar-refractivity contribution in [3.8, 4) is 5.75 Å². The molecule has 0 saturated carbocycles. The number of anilines is 2. The third-order valence-electron chi connectivity index (χ3n) is 4.23. The van der Waals surface area contributed by atoms with Gasteiger partial charge in [0.25, 0.3) is 10.0 Å². The van der Waals surface area contributed by atoms with E-state index in [9.17, 15) is 13.2 Å². The van der Waals surface area contributed by atoms with E-state index >= 15 is 0 Å². The van der Waals surface area contributed by atoms with E-state index in [-0.39, 0.29) is 32.1 Å².